The van der Waals surface area contributed by atoms with Crippen LogP contribution in [0.4, 0.5) is 0 Å². The first kappa shape index (κ1) is 9.68. The summed E-state index contributed by atoms with van der Waals surface area (Å²) in [5.74, 6) is 1.03. The van der Waals surface area contributed by atoms with E-state index >= 15 is 0 Å². The Labute approximate surface area is 83.8 Å². The highest BCUT2D eigenvalue weighted by Gasteiger charge is 2.46. The number of aromatic nitrogens is 2. The first-order chi connectivity index (χ1) is 6.72. The molecule has 1 saturated carbocycles. The summed E-state index contributed by atoms with van der Waals surface area (Å²) in [6.45, 7) is 3.12. The second-order valence-corrected chi connectivity index (χ2v) is 3.94. The van der Waals surface area contributed by atoms with Gasteiger partial charge in [0.1, 0.15) is 11.4 Å². The number of nitrogens with zero attached hydrogens (tertiary/aromatic N) is 2. The molecule has 0 saturated heterocycles. The molecule has 1 fully saturated rings. The van der Waals surface area contributed by atoms with E-state index in [0.29, 0.717) is 5.92 Å². The number of hydrogen-bond acceptors (Lipinski definition) is 3. The minimum absolute atomic E-state index is 0.259. The van der Waals surface area contributed by atoms with Crippen LogP contribution in [0, 0.1) is 5.92 Å². The van der Waals surface area contributed by atoms with Crippen molar-refractivity contribution in [1.82, 2.24) is 9.55 Å². The number of rotatable bonds is 4. The van der Waals surface area contributed by atoms with Crippen LogP contribution in [0.3, 0.4) is 0 Å². The summed E-state index contributed by atoms with van der Waals surface area (Å²) < 4.78 is 1.96. The second kappa shape index (κ2) is 3.37. The van der Waals surface area contributed by atoms with Gasteiger partial charge in [0.05, 0.1) is 0 Å². The molecule has 0 radical (unpaired) electrons. The van der Waals surface area contributed by atoms with Crippen molar-refractivity contribution in [2.24, 2.45) is 11.7 Å². The maximum atomic E-state index is 10.4. The molecule has 0 amide bonds. The van der Waals surface area contributed by atoms with E-state index in [1.54, 1.807) is 6.20 Å². The molecule has 1 atom stereocenters. The van der Waals surface area contributed by atoms with E-state index in [1.165, 1.54) is 0 Å². The molecular weight excluding hydrogens is 178 g/mol. The minimum atomic E-state index is -0.903. The average molecular weight is 195 g/mol. The molecule has 1 aliphatic carbocycles. The first-order valence-electron chi connectivity index (χ1n) is 5.16. The fourth-order valence-electron chi connectivity index (χ4n) is 1.95. The third kappa shape index (κ3) is 1.35. The number of aliphatic hydroxyl groups is 1. The SMILES string of the molecule is CCn1ccnc1C(O)(CN)C1CC1. The van der Waals surface area contributed by atoms with E-state index in [-0.39, 0.29) is 6.54 Å². The molecule has 2 rings (SSSR count). The smallest absolute Gasteiger partial charge is 0.142 e. The molecule has 1 aromatic heterocycles. The van der Waals surface area contributed by atoms with E-state index in [0.717, 1.165) is 25.2 Å². The Morgan fingerprint density at radius 3 is 2.93 bits per heavy atom. The van der Waals surface area contributed by atoms with Crippen LogP contribution in [0.1, 0.15) is 25.6 Å². The van der Waals surface area contributed by atoms with E-state index in [1.807, 2.05) is 17.7 Å². The van der Waals surface area contributed by atoms with Crippen molar-refractivity contribution < 1.29 is 5.11 Å². The van der Waals surface area contributed by atoms with E-state index < -0.39 is 5.60 Å². The normalized spacial score (nSPS) is 20.8. The summed E-state index contributed by atoms with van der Waals surface area (Å²) in [5, 5.41) is 10.4. The van der Waals surface area contributed by atoms with Gasteiger partial charge >= 0.3 is 0 Å². The summed E-state index contributed by atoms with van der Waals surface area (Å²) >= 11 is 0. The van der Waals surface area contributed by atoms with Gasteiger partial charge in [-0.05, 0) is 25.7 Å². The molecule has 3 N–H and O–H groups in total. The molecule has 0 bridgehead atoms. The Morgan fingerprint density at radius 2 is 2.43 bits per heavy atom. The third-order valence-electron chi connectivity index (χ3n) is 3.01. The van der Waals surface area contributed by atoms with Crippen LogP contribution < -0.4 is 5.73 Å². The van der Waals surface area contributed by atoms with E-state index in [9.17, 15) is 5.11 Å². The molecule has 0 spiro atoms. The van der Waals surface area contributed by atoms with Gasteiger partial charge in [0, 0.05) is 25.5 Å². The first-order valence-corrected chi connectivity index (χ1v) is 5.16. The van der Waals surface area contributed by atoms with Gasteiger partial charge in [0.15, 0.2) is 0 Å². The van der Waals surface area contributed by atoms with Crippen LogP contribution in [-0.4, -0.2) is 21.2 Å². The highest BCUT2D eigenvalue weighted by molar-refractivity contribution is 5.11. The van der Waals surface area contributed by atoms with Crippen LogP contribution in [0.2, 0.25) is 0 Å². The van der Waals surface area contributed by atoms with Crippen LogP contribution >= 0.6 is 0 Å². The molecule has 1 aromatic rings. The second-order valence-electron chi connectivity index (χ2n) is 3.94. The highest BCUT2D eigenvalue weighted by atomic mass is 16.3. The van der Waals surface area contributed by atoms with Gasteiger partial charge in [0.25, 0.3) is 0 Å². The Morgan fingerprint density at radius 1 is 1.71 bits per heavy atom. The molecule has 1 aliphatic rings. The quantitative estimate of drug-likeness (QED) is 0.733. The zero-order valence-corrected chi connectivity index (χ0v) is 8.48. The molecule has 0 aromatic carbocycles. The summed E-state index contributed by atoms with van der Waals surface area (Å²) in [6.07, 6.45) is 5.73. The topological polar surface area (TPSA) is 64.1 Å². The number of nitrogens with two attached hydrogens (primary N) is 1. The Kier molecular flexibility index (Phi) is 2.33. The Bertz CT molecular complexity index is 319. The predicted octanol–water partition coefficient (Wildman–Crippen LogP) is 0.459. The zero-order valence-electron chi connectivity index (χ0n) is 8.48. The summed E-state index contributed by atoms with van der Waals surface area (Å²) in [6, 6.07) is 0. The van der Waals surface area contributed by atoms with Crippen LogP contribution in [-0.2, 0) is 12.1 Å². The largest absolute Gasteiger partial charge is 0.380 e. The van der Waals surface area contributed by atoms with Gasteiger partial charge < -0.3 is 15.4 Å². The molecule has 14 heavy (non-hydrogen) atoms. The molecule has 78 valence electrons. The van der Waals surface area contributed by atoms with Crippen LogP contribution in [0.25, 0.3) is 0 Å². The Balaban J connectivity index is 2.34. The summed E-state index contributed by atoms with van der Waals surface area (Å²) in [5.41, 5.74) is 4.76. The van der Waals surface area contributed by atoms with Crippen molar-refractivity contribution in [3.05, 3.63) is 18.2 Å². The van der Waals surface area contributed by atoms with Gasteiger partial charge in [-0.3, -0.25) is 0 Å². The van der Waals surface area contributed by atoms with Crippen molar-refractivity contribution in [2.45, 2.75) is 31.9 Å². The van der Waals surface area contributed by atoms with Crippen molar-refractivity contribution in [3.8, 4) is 0 Å². The third-order valence-corrected chi connectivity index (χ3v) is 3.01. The zero-order chi connectivity index (χ0) is 10.2. The summed E-state index contributed by atoms with van der Waals surface area (Å²) in [4.78, 5) is 4.22. The molecule has 0 aliphatic heterocycles. The lowest BCUT2D eigenvalue weighted by Gasteiger charge is -2.26. The van der Waals surface area contributed by atoms with Gasteiger partial charge in [-0.25, -0.2) is 4.98 Å². The van der Waals surface area contributed by atoms with Gasteiger partial charge in [-0.15, -0.1) is 0 Å². The van der Waals surface area contributed by atoms with Gasteiger partial charge in [-0.1, -0.05) is 0 Å². The number of aryl methyl sites for hydroxylation is 1. The standard InChI is InChI=1S/C10H17N3O/c1-2-13-6-5-12-9(13)10(14,7-11)8-3-4-8/h5-6,8,14H,2-4,7,11H2,1H3. The van der Waals surface area contributed by atoms with Gasteiger partial charge in [0.2, 0.25) is 0 Å². The molecule has 4 heteroatoms. The lowest BCUT2D eigenvalue weighted by atomic mass is 9.97. The van der Waals surface area contributed by atoms with Crippen molar-refractivity contribution in [3.63, 3.8) is 0 Å². The van der Waals surface area contributed by atoms with E-state index in [4.69, 9.17) is 5.73 Å². The Hall–Kier alpha value is -0.870. The van der Waals surface area contributed by atoms with Crippen molar-refractivity contribution in [2.75, 3.05) is 6.54 Å². The maximum absolute atomic E-state index is 10.4. The fourth-order valence-corrected chi connectivity index (χ4v) is 1.95. The average Bonchev–Trinajstić information content (AvgIpc) is 2.95. The lowest BCUT2D eigenvalue weighted by molar-refractivity contribution is 0.0101. The van der Waals surface area contributed by atoms with Crippen LogP contribution in [0.5, 0.6) is 0 Å². The van der Waals surface area contributed by atoms with Crippen molar-refractivity contribution in [1.29, 1.82) is 0 Å². The van der Waals surface area contributed by atoms with Crippen LogP contribution in [0.15, 0.2) is 12.4 Å². The molecule has 1 heterocycles. The highest BCUT2D eigenvalue weighted by Crippen LogP contribution is 2.44. The number of hydrogen-bond donors (Lipinski definition) is 2. The molecule has 4 nitrogen and oxygen atoms in total. The molecule has 1 unspecified atom stereocenters. The minimum Gasteiger partial charge on any atom is -0.380 e. The fraction of sp³-hybridized carbons (Fsp3) is 0.700. The maximum Gasteiger partial charge on any atom is 0.142 e. The van der Waals surface area contributed by atoms with Gasteiger partial charge in [-0.2, -0.15) is 0 Å². The van der Waals surface area contributed by atoms with Crippen molar-refractivity contribution >= 4 is 0 Å². The monoisotopic (exact) mass is 195 g/mol. The molecular formula is C10H17N3O. The predicted molar refractivity (Wildman–Crippen MR) is 53.6 cm³/mol. The summed E-state index contributed by atoms with van der Waals surface area (Å²) in [7, 11) is 0. The lowest BCUT2D eigenvalue weighted by Crippen LogP contribution is -2.39. The number of imidazole rings is 1. The van der Waals surface area contributed by atoms with E-state index in [2.05, 4.69) is 4.98 Å².